The van der Waals surface area contributed by atoms with Crippen LogP contribution in [0.25, 0.3) is 5.69 Å². The van der Waals surface area contributed by atoms with Crippen molar-refractivity contribution in [2.75, 3.05) is 13.1 Å². The van der Waals surface area contributed by atoms with Crippen LogP contribution in [0.5, 0.6) is 0 Å². The Labute approximate surface area is 157 Å². The van der Waals surface area contributed by atoms with Crippen molar-refractivity contribution >= 4 is 5.91 Å². The van der Waals surface area contributed by atoms with Crippen LogP contribution < -0.4 is 10.6 Å². The number of rotatable bonds is 4. The Bertz CT molecular complexity index is 894. The van der Waals surface area contributed by atoms with E-state index in [2.05, 4.69) is 15.6 Å². The highest BCUT2D eigenvalue weighted by atomic mass is 16.3. The molecule has 1 aliphatic rings. The number of carbonyl (C=O) groups is 1. The number of hydrogen-bond acceptors (Lipinski definition) is 4. The monoisotopic (exact) mass is 362 g/mol. The first kappa shape index (κ1) is 17.5. The lowest BCUT2D eigenvalue weighted by atomic mass is 9.79. The standard InChI is InChI=1S/C21H22N4O2/c26-19-14-22-11-10-21(19,17-4-2-1-3-5-17)24-20(27)16-6-8-18(9-7-16)25-13-12-23-15-25/h1-9,12-13,15,19,22,26H,10-11,14H2,(H,24,27)/t19-,21-/m1/s1. The normalized spacial score (nSPS) is 22.3. The molecule has 6 nitrogen and oxygen atoms in total. The van der Waals surface area contributed by atoms with Crippen molar-refractivity contribution in [3.63, 3.8) is 0 Å². The molecule has 1 amide bonds. The highest BCUT2D eigenvalue weighted by Gasteiger charge is 2.42. The van der Waals surface area contributed by atoms with Gasteiger partial charge in [0.05, 0.1) is 18.0 Å². The fourth-order valence-corrected chi connectivity index (χ4v) is 3.63. The Morgan fingerprint density at radius 3 is 2.63 bits per heavy atom. The highest BCUT2D eigenvalue weighted by Crippen LogP contribution is 2.31. The van der Waals surface area contributed by atoms with Gasteiger partial charge < -0.3 is 20.3 Å². The lowest BCUT2D eigenvalue weighted by molar-refractivity contribution is 0.0290. The summed E-state index contributed by atoms with van der Waals surface area (Å²) in [4.78, 5) is 17.0. The summed E-state index contributed by atoms with van der Waals surface area (Å²) < 4.78 is 1.88. The second-order valence-corrected chi connectivity index (χ2v) is 6.78. The minimum atomic E-state index is -0.799. The van der Waals surface area contributed by atoms with Gasteiger partial charge in [-0.2, -0.15) is 0 Å². The molecule has 1 saturated heterocycles. The average Bonchev–Trinajstić information content (AvgIpc) is 3.25. The second-order valence-electron chi connectivity index (χ2n) is 6.78. The fourth-order valence-electron chi connectivity index (χ4n) is 3.63. The molecule has 0 unspecified atom stereocenters. The predicted molar refractivity (Wildman–Crippen MR) is 103 cm³/mol. The smallest absolute Gasteiger partial charge is 0.252 e. The second kappa shape index (κ2) is 7.34. The van der Waals surface area contributed by atoms with Gasteiger partial charge in [0.1, 0.15) is 0 Å². The molecular formula is C21H22N4O2. The Balaban J connectivity index is 1.60. The molecule has 2 atom stereocenters. The lowest BCUT2D eigenvalue weighted by Gasteiger charge is -2.43. The van der Waals surface area contributed by atoms with Crippen molar-refractivity contribution in [2.24, 2.45) is 0 Å². The molecular weight excluding hydrogens is 340 g/mol. The number of benzene rings is 2. The average molecular weight is 362 g/mol. The van der Waals surface area contributed by atoms with Crippen molar-refractivity contribution in [3.05, 3.63) is 84.4 Å². The largest absolute Gasteiger partial charge is 0.389 e. The molecule has 138 valence electrons. The third kappa shape index (κ3) is 3.37. The lowest BCUT2D eigenvalue weighted by Crippen LogP contribution is -2.61. The van der Waals surface area contributed by atoms with E-state index in [9.17, 15) is 9.90 Å². The van der Waals surface area contributed by atoms with Gasteiger partial charge in [0.15, 0.2) is 0 Å². The van der Waals surface area contributed by atoms with Gasteiger partial charge in [-0.1, -0.05) is 30.3 Å². The summed E-state index contributed by atoms with van der Waals surface area (Å²) in [7, 11) is 0. The number of hydrogen-bond donors (Lipinski definition) is 3. The van der Waals surface area contributed by atoms with Crippen LogP contribution in [0.15, 0.2) is 73.3 Å². The number of imidazole rings is 1. The minimum Gasteiger partial charge on any atom is -0.389 e. The molecule has 6 heteroatoms. The molecule has 3 N–H and O–H groups in total. The van der Waals surface area contributed by atoms with Crippen LogP contribution in [0.3, 0.4) is 0 Å². The number of nitrogens with one attached hydrogen (secondary N) is 2. The zero-order valence-electron chi connectivity index (χ0n) is 14.9. The molecule has 3 aromatic rings. The number of β-amino-alcohol motifs (C(OH)–C–C–N with tert-alkyl or cyclic N) is 1. The molecule has 0 saturated carbocycles. The van der Waals surface area contributed by atoms with Crippen LogP contribution in [-0.2, 0) is 5.54 Å². The van der Waals surface area contributed by atoms with E-state index in [1.807, 2.05) is 53.2 Å². The van der Waals surface area contributed by atoms with E-state index < -0.39 is 11.6 Å². The van der Waals surface area contributed by atoms with E-state index in [0.717, 1.165) is 17.8 Å². The summed E-state index contributed by atoms with van der Waals surface area (Å²) in [6.45, 7) is 1.17. The Hall–Kier alpha value is -2.96. The van der Waals surface area contributed by atoms with Crippen LogP contribution >= 0.6 is 0 Å². The van der Waals surface area contributed by atoms with Crippen LogP contribution in [0.4, 0.5) is 0 Å². The number of amides is 1. The summed E-state index contributed by atoms with van der Waals surface area (Å²) in [6.07, 6.45) is 5.19. The van der Waals surface area contributed by atoms with Crippen molar-refractivity contribution in [1.82, 2.24) is 20.2 Å². The molecule has 1 aromatic heterocycles. The number of aliphatic hydroxyl groups excluding tert-OH is 1. The van der Waals surface area contributed by atoms with Gasteiger partial charge in [-0.05, 0) is 42.8 Å². The Kier molecular flexibility index (Phi) is 4.75. The molecule has 0 aliphatic carbocycles. The quantitative estimate of drug-likeness (QED) is 0.662. The third-order valence-electron chi connectivity index (χ3n) is 5.16. The van der Waals surface area contributed by atoms with Gasteiger partial charge in [0.2, 0.25) is 0 Å². The van der Waals surface area contributed by atoms with Crippen LogP contribution in [0, 0.1) is 0 Å². The molecule has 0 spiro atoms. The Morgan fingerprint density at radius 2 is 1.96 bits per heavy atom. The van der Waals surface area contributed by atoms with Crippen LogP contribution in [-0.4, -0.2) is 39.8 Å². The SMILES string of the molecule is O=C(N[C@@]1(c2ccccc2)CCNC[C@H]1O)c1ccc(-n2ccnc2)cc1. The molecule has 1 aliphatic heterocycles. The number of aromatic nitrogens is 2. The maximum absolute atomic E-state index is 13.0. The number of carbonyl (C=O) groups excluding carboxylic acids is 1. The van der Waals surface area contributed by atoms with Gasteiger partial charge in [-0.25, -0.2) is 4.98 Å². The number of piperidine rings is 1. The molecule has 0 radical (unpaired) electrons. The fraction of sp³-hybridized carbons (Fsp3) is 0.238. The molecule has 2 aromatic carbocycles. The van der Waals surface area contributed by atoms with E-state index in [1.165, 1.54) is 0 Å². The van der Waals surface area contributed by atoms with Gasteiger partial charge in [-0.15, -0.1) is 0 Å². The van der Waals surface area contributed by atoms with E-state index in [0.29, 0.717) is 18.5 Å². The van der Waals surface area contributed by atoms with Crippen molar-refractivity contribution in [1.29, 1.82) is 0 Å². The molecule has 1 fully saturated rings. The summed E-state index contributed by atoms with van der Waals surface area (Å²) in [5, 5.41) is 17.1. The summed E-state index contributed by atoms with van der Waals surface area (Å²) in [5.74, 6) is -0.197. The van der Waals surface area contributed by atoms with Gasteiger partial charge >= 0.3 is 0 Å². The van der Waals surface area contributed by atoms with Gasteiger partial charge in [0.25, 0.3) is 5.91 Å². The topological polar surface area (TPSA) is 79.2 Å². The highest BCUT2D eigenvalue weighted by molar-refractivity contribution is 5.95. The zero-order chi connectivity index (χ0) is 18.7. The van der Waals surface area contributed by atoms with E-state index in [1.54, 1.807) is 24.7 Å². The van der Waals surface area contributed by atoms with Crippen molar-refractivity contribution in [2.45, 2.75) is 18.1 Å². The van der Waals surface area contributed by atoms with Crippen molar-refractivity contribution < 1.29 is 9.90 Å². The predicted octanol–water partition coefficient (Wildman–Crippen LogP) is 1.85. The summed E-state index contributed by atoms with van der Waals surface area (Å²) in [6, 6.07) is 17.0. The molecule has 4 rings (SSSR count). The maximum Gasteiger partial charge on any atom is 0.252 e. The van der Waals surface area contributed by atoms with E-state index in [-0.39, 0.29) is 5.91 Å². The summed E-state index contributed by atoms with van der Waals surface area (Å²) >= 11 is 0. The summed E-state index contributed by atoms with van der Waals surface area (Å²) in [5.41, 5.74) is 1.61. The minimum absolute atomic E-state index is 0.197. The van der Waals surface area contributed by atoms with E-state index >= 15 is 0 Å². The first-order valence-corrected chi connectivity index (χ1v) is 9.04. The molecule has 2 heterocycles. The molecule has 27 heavy (non-hydrogen) atoms. The van der Waals surface area contributed by atoms with E-state index in [4.69, 9.17) is 0 Å². The number of aliphatic hydroxyl groups is 1. The van der Waals surface area contributed by atoms with Crippen molar-refractivity contribution in [3.8, 4) is 5.69 Å². The third-order valence-corrected chi connectivity index (χ3v) is 5.16. The maximum atomic E-state index is 13.0. The van der Waals surface area contributed by atoms with Crippen LogP contribution in [0.1, 0.15) is 22.3 Å². The molecule has 0 bridgehead atoms. The van der Waals surface area contributed by atoms with Gasteiger partial charge in [-0.3, -0.25) is 4.79 Å². The first-order chi connectivity index (χ1) is 13.2. The van der Waals surface area contributed by atoms with Gasteiger partial charge in [0, 0.05) is 30.2 Å². The number of nitrogens with zero attached hydrogens (tertiary/aromatic N) is 2. The zero-order valence-corrected chi connectivity index (χ0v) is 14.9. The van der Waals surface area contributed by atoms with Crippen LogP contribution in [0.2, 0.25) is 0 Å². The first-order valence-electron chi connectivity index (χ1n) is 9.04. The Morgan fingerprint density at radius 1 is 1.19 bits per heavy atom.